The maximum absolute atomic E-state index is 12.5. The van der Waals surface area contributed by atoms with E-state index in [0.717, 1.165) is 16.0 Å². The van der Waals surface area contributed by atoms with E-state index >= 15 is 0 Å². The average Bonchev–Trinajstić information content (AvgIpc) is 3.02. The van der Waals surface area contributed by atoms with E-state index in [1.54, 1.807) is 11.3 Å². The van der Waals surface area contributed by atoms with Crippen LogP contribution in [0.4, 0.5) is 0 Å². The van der Waals surface area contributed by atoms with Gasteiger partial charge in [0.2, 0.25) is 0 Å². The van der Waals surface area contributed by atoms with Gasteiger partial charge < -0.3 is 5.32 Å². The van der Waals surface area contributed by atoms with E-state index < -0.39 is 0 Å². The molecule has 2 aromatic heterocycles. The van der Waals surface area contributed by atoms with Crippen molar-refractivity contribution in [2.45, 2.75) is 19.4 Å². The third kappa shape index (κ3) is 3.78. The van der Waals surface area contributed by atoms with Gasteiger partial charge in [-0.15, -0.1) is 11.3 Å². The molecule has 0 saturated heterocycles. The van der Waals surface area contributed by atoms with Crippen LogP contribution in [-0.4, -0.2) is 16.1 Å². The minimum atomic E-state index is -0.332. The summed E-state index contributed by atoms with van der Waals surface area (Å²) in [7, 11) is 0. The van der Waals surface area contributed by atoms with Crippen LogP contribution in [-0.2, 0) is 6.42 Å². The highest BCUT2D eigenvalue weighted by atomic mass is 32.1. The fourth-order valence-electron chi connectivity index (χ4n) is 2.50. The van der Waals surface area contributed by atoms with Gasteiger partial charge in [-0.3, -0.25) is 9.59 Å². The molecule has 122 valence electrons. The Balaban J connectivity index is 1.84. The molecule has 3 aromatic rings. The summed E-state index contributed by atoms with van der Waals surface area (Å²) in [6, 6.07) is 14.6. The molecular formula is C18H17N3O2S. The van der Waals surface area contributed by atoms with Gasteiger partial charge in [0, 0.05) is 10.9 Å². The molecule has 0 spiro atoms. The summed E-state index contributed by atoms with van der Waals surface area (Å²) < 4.78 is 0. The molecule has 5 nitrogen and oxygen atoms in total. The predicted molar refractivity (Wildman–Crippen MR) is 94.3 cm³/mol. The molecule has 0 fully saturated rings. The first-order valence-corrected chi connectivity index (χ1v) is 8.46. The Labute approximate surface area is 143 Å². The lowest BCUT2D eigenvalue weighted by molar-refractivity contribution is 0.0931. The number of aryl methyl sites for hydroxylation is 1. The van der Waals surface area contributed by atoms with E-state index in [0.29, 0.717) is 6.42 Å². The Kier molecular flexibility index (Phi) is 4.86. The summed E-state index contributed by atoms with van der Waals surface area (Å²) in [6.07, 6.45) is 0.692. The van der Waals surface area contributed by atoms with Crippen molar-refractivity contribution in [2.24, 2.45) is 0 Å². The second-order valence-electron chi connectivity index (χ2n) is 5.49. The lowest BCUT2D eigenvalue weighted by Crippen LogP contribution is -2.31. The van der Waals surface area contributed by atoms with E-state index in [1.807, 2.05) is 48.7 Å². The molecule has 0 radical (unpaired) electrons. The minimum absolute atomic E-state index is 0.145. The van der Waals surface area contributed by atoms with Gasteiger partial charge in [0.25, 0.3) is 11.5 Å². The predicted octanol–water partition coefficient (Wildman–Crippen LogP) is 2.85. The summed E-state index contributed by atoms with van der Waals surface area (Å²) >= 11 is 1.62. The van der Waals surface area contributed by atoms with Gasteiger partial charge in [0.1, 0.15) is 5.69 Å². The number of aromatic amines is 1. The zero-order valence-electron chi connectivity index (χ0n) is 13.2. The molecule has 6 heteroatoms. The Morgan fingerprint density at radius 3 is 2.62 bits per heavy atom. The Bertz CT molecular complexity index is 866. The summed E-state index contributed by atoms with van der Waals surface area (Å²) in [5, 5.41) is 11.1. The van der Waals surface area contributed by atoms with Gasteiger partial charge in [-0.2, -0.15) is 5.10 Å². The number of nitrogens with zero attached hydrogens (tertiary/aromatic N) is 1. The fourth-order valence-corrected chi connectivity index (χ4v) is 3.48. The van der Waals surface area contributed by atoms with Crippen LogP contribution in [0, 0.1) is 6.92 Å². The molecule has 1 atom stereocenters. The van der Waals surface area contributed by atoms with E-state index in [1.165, 1.54) is 12.1 Å². The first-order valence-electron chi connectivity index (χ1n) is 7.58. The molecule has 1 amide bonds. The number of rotatable bonds is 5. The molecule has 0 aliphatic heterocycles. The maximum Gasteiger partial charge on any atom is 0.272 e. The van der Waals surface area contributed by atoms with Crippen molar-refractivity contribution < 1.29 is 4.79 Å². The van der Waals surface area contributed by atoms with Gasteiger partial charge in [-0.25, -0.2) is 5.10 Å². The third-order valence-corrected chi connectivity index (χ3v) is 4.85. The number of carbonyl (C=O) groups is 1. The van der Waals surface area contributed by atoms with Crippen LogP contribution in [0.3, 0.4) is 0 Å². The number of benzene rings is 1. The third-order valence-electron chi connectivity index (χ3n) is 3.72. The second kappa shape index (κ2) is 7.23. The van der Waals surface area contributed by atoms with E-state index in [9.17, 15) is 9.59 Å². The van der Waals surface area contributed by atoms with E-state index in [-0.39, 0.29) is 23.2 Å². The number of H-pyrrole nitrogens is 1. The average molecular weight is 339 g/mol. The van der Waals surface area contributed by atoms with Crippen molar-refractivity contribution in [1.29, 1.82) is 0 Å². The maximum atomic E-state index is 12.5. The quantitative estimate of drug-likeness (QED) is 0.750. The highest BCUT2D eigenvalue weighted by molar-refractivity contribution is 7.10. The summed E-state index contributed by atoms with van der Waals surface area (Å²) in [6.45, 7) is 2.04. The van der Waals surface area contributed by atoms with Crippen molar-refractivity contribution in [3.05, 3.63) is 86.0 Å². The zero-order chi connectivity index (χ0) is 16.9. The minimum Gasteiger partial charge on any atom is -0.343 e. The van der Waals surface area contributed by atoms with Gasteiger partial charge in [0.15, 0.2) is 0 Å². The molecule has 0 saturated carbocycles. The number of aromatic nitrogens is 2. The number of hydrogen-bond acceptors (Lipinski definition) is 4. The van der Waals surface area contributed by atoms with Crippen molar-refractivity contribution in [1.82, 2.24) is 15.5 Å². The topological polar surface area (TPSA) is 74.8 Å². The molecule has 1 aromatic carbocycles. The van der Waals surface area contributed by atoms with E-state index in [2.05, 4.69) is 15.5 Å². The summed E-state index contributed by atoms with van der Waals surface area (Å²) in [4.78, 5) is 24.7. The highest BCUT2D eigenvalue weighted by Gasteiger charge is 2.20. The number of hydrogen-bond donors (Lipinski definition) is 2. The molecule has 24 heavy (non-hydrogen) atoms. The lowest BCUT2D eigenvalue weighted by Gasteiger charge is -2.18. The van der Waals surface area contributed by atoms with Crippen LogP contribution in [0.2, 0.25) is 0 Å². The monoisotopic (exact) mass is 339 g/mol. The van der Waals surface area contributed by atoms with Crippen molar-refractivity contribution in [2.75, 3.05) is 0 Å². The van der Waals surface area contributed by atoms with Crippen LogP contribution in [0.25, 0.3) is 0 Å². The molecule has 0 aliphatic carbocycles. The number of amides is 1. The van der Waals surface area contributed by atoms with Gasteiger partial charge in [0.05, 0.1) is 6.04 Å². The molecule has 0 aliphatic rings. The van der Waals surface area contributed by atoms with Crippen molar-refractivity contribution >= 4 is 17.2 Å². The Morgan fingerprint density at radius 2 is 2.00 bits per heavy atom. The fraction of sp³-hybridized carbons (Fsp3) is 0.167. The van der Waals surface area contributed by atoms with Crippen LogP contribution >= 0.6 is 11.3 Å². The lowest BCUT2D eigenvalue weighted by atomic mass is 10.0. The van der Waals surface area contributed by atoms with E-state index in [4.69, 9.17) is 0 Å². The van der Waals surface area contributed by atoms with Crippen LogP contribution in [0.15, 0.2) is 58.7 Å². The normalized spacial score (nSPS) is 11.9. The van der Waals surface area contributed by atoms with Crippen molar-refractivity contribution in [3.63, 3.8) is 0 Å². The summed E-state index contributed by atoms with van der Waals surface area (Å²) in [5.41, 5.74) is 2.16. The molecule has 2 N–H and O–H groups in total. The Hall–Kier alpha value is -2.73. The molecule has 3 rings (SSSR count). The smallest absolute Gasteiger partial charge is 0.272 e. The second-order valence-corrected chi connectivity index (χ2v) is 6.44. The van der Waals surface area contributed by atoms with Crippen LogP contribution < -0.4 is 10.9 Å². The number of nitrogens with one attached hydrogen (secondary N) is 2. The number of carbonyl (C=O) groups excluding carboxylic acids is 1. The zero-order valence-corrected chi connectivity index (χ0v) is 14.0. The molecule has 0 unspecified atom stereocenters. The summed E-state index contributed by atoms with van der Waals surface area (Å²) in [5.74, 6) is -0.306. The highest BCUT2D eigenvalue weighted by Crippen LogP contribution is 2.27. The van der Waals surface area contributed by atoms with Crippen molar-refractivity contribution in [3.8, 4) is 0 Å². The van der Waals surface area contributed by atoms with Gasteiger partial charge >= 0.3 is 0 Å². The Morgan fingerprint density at radius 1 is 1.21 bits per heavy atom. The van der Waals surface area contributed by atoms with Crippen LogP contribution in [0.5, 0.6) is 0 Å². The van der Waals surface area contributed by atoms with Crippen LogP contribution in [0.1, 0.15) is 32.5 Å². The molecule has 0 bridgehead atoms. The first-order chi connectivity index (χ1) is 11.6. The standard InChI is InChI=1S/C18H17N3O2S/c1-12-9-10-24-17(12)15(11-13-5-3-2-4-6-13)19-18(23)14-7-8-16(22)21-20-14/h2-10,15H,11H2,1H3,(H,19,23)(H,21,22)/t15-/m1/s1. The first kappa shape index (κ1) is 16.1. The largest absolute Gasteiger partial charge is 0.343 e. The SMILES string of the molecule is Cc1ccsc1[C@@H](Cc1ccccc1)NC(=O)c1ccc(=O)[nH]n1. The van der Waals surface area contributed by atoms with Gasteiger partial charge in [-0.1, -0.05) is 30.3 Å². The molecular weight excluding hydrogens is 322 g/mol. The number of thiophene rings is 1. The molecule has 2 heterocycles. The van der Waals surface area contributed by atoms with Gasteiger partial charge in [-0.05, 0) is 42.0 Å².